The lowest BCUT2D eigenvalue weighted by Gasteiger charge is -2.15. The number of hydrogen-bond donors (Lipinski definition) is 1. The molecule has 1 saturated carbocycles. The second kappa shape index (κ2) is 7.89. The molecule has 0 atom stereocenters. The summed E-state index contributed by atoms with van der Waals surface area (Å²) in [5, 5.41) is 0.761. The van der Waals surface area contributed by atoms with Crippen molar-refractivity contribution in [3.63, 3.8) is 0 Å². The summed E-state index contributed by atoms with van der Waals surface area (Å²) in [6.07, 6.45) is 6.03. The molecule has 4 nitrogen and oxygen atoms in total. The number of aromatic amines is 1. The van der Waals surface area contributed by atoms with Gasteiger partial charge in [0.1, 0.15) is 17.1 Å². The Hall–Kier alpha value is -3.06. The first-order valence-electron chi connectivity index (χ1n) is 10.1. The van der Waals surface area contributed by atoms with Gasteiger partial charge in [0.05, 0.1) is 0 Å². The molecular formula is C24H20F2N2O2S. The number of pyridine rings is 1. The van der Waals surface area contributed by atoms with Crippen LogP contribution in [0.4, 0.5) is 8.78 Å². The van der Waals surface area contributed by atoms with E-state index in [1.165, 1.54) is 23.5 Å². The van der Waals surface area contributed by atoms with Crippen LogP contribution in [-0.4, -0.2) is 15.3 Å². The Morgan fingerprint density at radius 1 is 1.10 bits per heavy atom. The Morgan fingerprint density at radius 2 is 1.90 bits per heavy atom. The number of thioether (sulfide) groups is 1. The van der Waals surface area contributed by atoms with Crippen LogP contribution in [0, 0.1) is 17.6 Å². The number of rotatable bonds is 6. The predicted octanol–water partition coefficient (Wildman–Crippen LogP) is 6.11. The molecule has 2 aromatic heterocycles. The van der Waals surface area contributed by atoms with Crippen LogP contribution in [0.5, 0.6) is 11.5 Å². The maximum atomic E-state index is 14.3. The lowest BCUT2D eigenvalue weighted by atomic mass is 10.0. The molecule has 0 aliphatic heterocycles. The quantitative estimate of drug-likeness (QED) is 0.370. The second-order valence-corrected chi connectivity index (χ2v) is 8.91. The van der Waals surface area contributed by atoms with E-state index in [1.54, 1.807) is 37.3 Å². The van der Waals surface area contributed by atoms with Crippen molar-refractivity contribution in [2.75, 3.05) is 5.75 Å². The Bertz CT molecular complexity index is 1340. The lowest BCUT2D eigenvalue weighted by Crippen LogP contribution is -2.16. The summed E-state index contributed by atoms with van der Waals surface area (Å²) < 4.78 is 35.0. The number of halogens is 2. The van der Waals surface area contributed by atoms with E-state index in [1.807, 2.05) is 18.2 Å². The summed E-state index contributed by atoms with van der Waals surface area (Å²) in [6, 6.07) is 10.8. The molecule has 31 heavy (non-hydrogen) atoms. The number of ether oxygens (including phenoxy) is 1. The van der Waals surface area contributed by atoms with Crippen molar-refractivity contribution >= 4 is 22.7 Å². The molecule has 158 valence electrons. The van der Waals surface area contributed by atoms with Crippen LogP contribution >= 0.6 is 11.8 Å². The highest BCUT2D eigenvalue weighted by atomic mass is 32.2. The summed E-state index contributed by atoms with van der Waals surface area (Å²) in [5.41, 5.74) is 1.90. The molecular weight excluding hydrogens is 418 g/mol. The molecule has 0 bridgehead atoms. The number of fused-ring (bicyclic) bond motifs is 1. The number of hydrogen-bond acceptors (Lipinski definition) is 3. The molecule has 2 heterocycles. The van der Waals surface area contributed by atoms with E-state index < -0.39 is 11.6 Å². The maximum Gasteiger partial charge on any atom is 0.274 e. The van der Waals surface area contributed by atoms with Gasteiger partial charge in [0.25, 0.3) is 5.56 Å². The SMILES string of the molecule is Cn1cc(-c2cc(SCC3CC3)ccc2Oc2ccc(F)cc2F)c2cc[nH]c2c1=O. The number of nitrogens with one attached hydrogen (secondary N) is 1. The number of aryl methyl sites for hydroxylation is 1. The van der Waals surface area contributed by atoms with Crippen molar-refractivity contribution in [1.29, 1.82) is 0 Å². The van der Waals surface area contributed by atoms with E-state index in [-0.39, 0.29) is 11.3 Å². The summed E-state index contributed by atoms with van der Waals surface area (Å²) in [4.78, 5) is 16.6. The fraction of sp³-hybridized carbons (Fsp3) is 0.208. The Morgan fingerprint density at radius 3 is 2.68 bits per heavy atom. The topological polar surface area (TPSA) is 47.0 Å². The van der Waals surface area contributed by atoms with Crippen molar-refractivity contribution in [1.82, 2.24) is 9.55 Å². The van der Waals surface area contributed by atoms with Gasteiger partial charge in [-0.2, -0.15) is 0 Å². The molecule has 0 saturated heterocycles. The van der Waals surface area contributed by atoms with Crippen molar-refractivity contribution in [2.45, 2.75) is 17.7 Å². The molecule has 0 unspecified atom stereocenters. The first-order valence-corrected chi connectivity index (χ1v) is 11.0. The zero-order chi connectivity index (χ0) is 21.5. The Balaban J connectivity index is 1.64. The highest BCUT2D eigenvalue weighted by molar-refractivity contribution is 7.99. The van der Waals surface area contributed by atoms with Crippen LogP contribution in [0.2, 0.25) is 0 Å². The molecule has 1 fully saturated rings. The summed E-state index contributed by atoms with van der Waals surface area (Å²) >= 11 is 1.78. The van der Waals surface area contributed by atoms with Gasteiger partial charge >= 0.3 is 0 Å². The summed E-state index contributed by atoms with van der Waals surface area (Å²) in [7, 11) is 1.69. The molecule has 1 aliphatic rings. The first kappa shape index (κ1) is 19.9. The molecule has 5 rings (SSSR count). The zero-order valence-electron chi connectivity index (χ0n) is 16.8. The van der Waals surface area contributed by atoms with Gasteiger partial charge in [-0.1, -0.05) is 0 Å². The molecule has 2 aromatic carbocycles. The lowest BCUT2D eigenvalue weighted by molar-refractivity contribution is 0.439. The molecule has 0 radical (unpaired) electrons. The van der Waals surface area contributed by atoms with E-state index in [0.29, 0.717) is 11.3 Å². The summed E-state index contributed by atoms with van der Waals surface area (Å²) in [6.45, 7) is 0. The van der Waals surface area contributed by atoms with Crippen LogP contribution in [0.3, 0.4) is 0 Å². The van der Waals surface area contributed by atoms with E-state index in [0.717, 1.165) is 45.2 Å². The van der Waals surface area contributed by atoms with Crippen molar-refractivity contribution in [3.05, 3.63) is 76.8 Å². The number of H-pyrrole nitrogens is 1. The van der Waals surface area contributed by atoms with Gasteiger partial charge in [0, 0.05) is 52.7 Å². The number of nitrogens with zero attached hydrogens (tertiary/aromatic N) is 1. The van der Waals surface area contributed by atoms with Crippen LogP contribution in [0.25, 0.3) is 22.0 Å². The third kappa shape index (κ3) is 3.97. The normalized spacial score (nSPS) is 13.6. The van der Waals surface area contributed by atoms with Crippen molar-refractivity contribution in [2.24, 2.45) is 13.0 Å². The molecule has 1 aliphatic carbocycles. The van der Waals surface area contributed by atoms with Gasteiger partial charge in [-0.25, -0.2) is 8.78 Å². The van der Waals surface area contributed by atoms with E-state index >= 15 is 0 Å². The zero-order valence-corrected chi connectivity index (χ0v) is 17.6. The molecule has 4 aromatic rings. The smallest absolute Gasteiger partial charge is 0.274 e. The second-order valence-electron chi connectivity index (χ2n) is 7.81. The van der Waals surface area contributed by atoms with Crippen molar-refractivity contribution < 1.29 is 13.5 Å². The van der Waals surface area contributed by atoms with Gasteiger partial charge in [-0.05, 0) is 55.2 Å². The van der Waals surface area contributed by atoms with E-state index in [4.69, 9.17) is 4.74 Å². The minimum absolute atomic E-state index is 0.0591. The minimum Gasteiger partial charge on any atom is -0.454 e. The van der Waals surface area contributed by atoms with Crippen LogP contribution in [-0.2, 0) is 7.05 Å². The third-order valence-electron chi connectivity index (χ3n) is 5.43. The maximum absolute atomic E-state index is 14.3. The van der Waals surface area contributed by atoms with Crippen molar-refractivity contribution in [3.8, 4) is 22.6 Å². The van der Waals surface area contributed by atoms with E-state index in [2.05, 4.69) is 4.98 Å². The minimum atomic E-state index is -0.773. The third-order valence-corrected chi connectivity index (χ3v) is 6.66. The molecule has 1 N–H and O–H groups in total. The average molecular weight is 438 g/mol. The van der Waals surface area contributed by atoms with Gasteiger partial charge in [0.15, 0.2) is 11.6 Å². The number of aromatic nitrogens is 2. The largest absolute Gasteiger partial charge is 0.454 e. The fourth-order valence-corrected chi connectivity index (χ4v) is 4.68. The Labute approximate surface area is 181 Å². The van der Waals surface area contributed by atoms with Gasteiger partial charge in [-0.15, -0.1) is 11.8 Å². The van der Waals surface area contributed by atoms with Gasteiger partial charge in [0.2, 0.25) is 0 Å². The first-order chi connectivity index (χ1) is 15.0. The Kier molecular flexibility index (Phi) is 5.06. The van der Waals surface area contributed by atoms with Gasteiger partial charge in [-0.3, -0.25) is 4.79 Å². The number of benzene rings is 2. The predicted molar refractivity (Wildman–Crippen MR) is 119 cm³/mol. The molecule has 0 amide bonds. The highest BCUT2D eigenvalue weighted by Gasteiger charge is 2.22. The molecule has 0 spiro atoms. The van der Waals surface area contributed by atoms with E-state index in [9.17, 15) is 13.6 Å². The standard InChI is InChI=1S/C24H20F2N2O2S/c1-28-12-19(17-8-9-27-23(17)24(28)29)18-11-16(31-13-14-2-3-14)5-7-21(18)30-22-6-4-15(25)10-20(22)26/h4-12,14,27H,2-3,13H2,1H3. The highest BCUT2D eigenvalue weighted by Crippen LogP contribution is 2.41. The van der Waals surface area contributed by atoms with Crippen LogP contribution < -0.4 is 10.3 Å². The van der Waals surface area contributed by atoms with Crippen LogP contribution in [0.1, 0.15) is 12.8 Å². The fourth-order valence-electron chi connectivity index (χ4n) is 3.56. The summed E-state index contributed by atoms with van der Waals surface area (Å²) in [5.74, 6) is 0.763. The average Bonchev–Trinajstić information content (AvgIpc) is 3.45. The van der Waals surface area contributed by atoms with Crippen LogP contribution in [0.15, 0.2) is 64.5 Å². The van der Waals surface area contributed by atoms with Gasteiger partial charge < -0.3 is 14.3 Å². The molecule has 7 heteroatoms. The monoisotopic (exact) mass is 438 g/mol.